The molecule has 1 aliphatic heterocycles. The zero-order chi connectivity index (χ0) is 23.3. The number of amides is 1. The minimum Gasteiger partial charge on any atom is -0.508 e. The van der Waals surface area contributed by atoms with E-state index in [0.717, 1.165) is 0 Å². The number of rotatable bonds is 4. The van der Waals surface area contributed by atoms with Crippen LogP contribution in [0.5, 0.6) is 5.75 Å². The molecule has 1 unspecified atom stereocenters. The van der Waals surface area contributed by atoms with Gasteiger partial charge in [-0.15, -0.1) is 0 Å². The van der Waals surface area contributed by atoms with Crippen molar-refractivity contribution < 1.29 is 24.2 Å². The number of nitrogens with zero attached hydrogens (tertiary/aromatic N) is 1. The molecule has 8 heteroatoms. The number of phenolic OH excluding ortho intramolecular Hbond substituents is 1. The van der Waals surface area contributed by atoms with Crippen molar-refractivity contribution in [2.24, 2.45) is 0 Å². The first kappa shape index (κ1) is 21.1. The lowest BCUT2D eigenvalue weighted by atomic mass is 9.94. The summed E-state index contributed by atoms with van der Waals surface area (Å²) >= 11 is 12.3. The van der Waals surface area contributed by atoms with Crippen LogP contribution in [0.15, 0.2) is 88.5 Å². The summed E-state index contributed by atoms with van der Waals surface area (Å²) in [6, 6.07) is 18.2. The van der Waals surface area contributed by atoms with Crippen LogP contribution in [0.4, 0.5) is 5.69 Å². The fourth-order valence-electron chi connectivity index (χ4n) is 3.98. The van der Waals surface area contributed by atoms with Gasteiger partial charge >= 0.3 is 0 Å². The molecule has 0 bridgehead atoms. The Balaban J connectivity index is 1.68. The molecule has 5 rings (SSSR count). The lowest BCUT2D eigenvalue weighted by Crippen LogP contribution is -2.31. The van der Waals surface area contributed by atoms with Gasteiger partial charge in [0.25, 0.3) is 5.91 Å². The Morgan fingerprint density at radius 2 is 1.58 bits per heavy atom. The number of aromatic hydroxyl groups is 1. The fourth-order valence-corrected chi connectivity index (χ4v) is 4.49. The Morgan fingerprint density at radius 3 is 2.24 bits per heavy atom. The number of aliphatic hydroxyl groups is 1. The molecule has 1 atom stereocenters. The summed E-state index contributed by atoms with van der Waals surface area (Å²) in [5.74, 6) is -2.12. The van der Waals surface area contributed by atoms with E-state index in [9.17, 15) is 19.8 Å². The molecule has 2 N–H and O–H groups in total. The van der Waals surface area contributed by atoms with Crippen LogP contribution in [0.1, 0.15) is 22.2 Å². The molecular weight excluding hydrogens is 465 g/mol. The molecule has 0 radical (unpaired) electrons. The van der Waals surface area contributed by atoms with E-state index in [4.69, 9.17) is 27.6 Å². The molecule has 2 heterocycles. The first-order valence-corrected chi connectivity index (χ1v) is 10.6. The van der Waals surface area contributed by atoms with Gasteiger partial charge in [0.2, 0.25) is 5.78 Å². The van der Waals surface area contributed by atoms with E-state index in [-0.39, 0.29) is 27.1 Å². The van der Waals surface area contributed by atoms with Crippen molar-refractivity contribution in [1.29, 1.82) is 0 Å². The van der Waals surface area contributed by atoms with E-state index in [2.05, 4.69) is 0 Å². The summed E-state index contributed by atoms with van der Waals surface area (Å²) < 4.78 is 5.70. The third kappa shape index (κ3) is 3.63. The van der Waals surface area contributed by atoms with E-state index >= 15 is 0 Å². The number of ketones is 1. The Hall–Kier alpha value is -3.74. The Labute approximate surface area is 197 Å². The molecular formula is C25H15Cl2NO5. The maximum absolute atomic E-state index is 13.5. The third-order valence-electron chi connectivity index (χ3n) is 5.44. The molecule has 1 aromatic heterocycles. The van der Waals surface area contributed by atoms with Crippen molar-refractivity contribution in [2.75, 3.05) is 4.90 Å². The van der Waals surface area contributed by atoms with E-state index in [0.29, 0.717) is 22.2 Å². The normalized spacial score (nSPS) is 16.1. The van der Waals surface area contributed by atoms with Crippen molar-refractivity contribution in [3.05, 3.63) is 105 Å². The van der Waals surface area contributed by atoms with Crippen LogP contribution >= 0.6 is 23.2 Å². The molecule has 1 amide bonds. The highest BCUT2D eigenvalue weighted by Crippen LogP contribution is 2.43. The van der Waals surface area contributed by atoms with Crippen LogP contribution < -0.4 is 4.90 Å². The fraction of sp³-hybridized carbons (Fsp3) is 0.0400. The largest absolute Gasteiger partial charge is 0.508 e. The van der Waals surface area contributed by atoms with Crippen LogP contribution in [0.2, 0.25) is 10.0 Å². The second-order valence-corrected chi connectivity index (χ2v) is 8.41. The van der Waals surface area contributed by atoms with Crippen molar-refractivity contribution in [3.63, 3.8) is 0 Å². The summed E-state index contributed by atoms with van der Waals surface area (Å²) in [7, 11) is 0. The third-order valence-corrected chi connectivity index (χ3v) is 5.87. The van der Waals surface area contributed by atoms with Gasteiger partial charge in [-0.25, -0.2) is 0 Å². The molecule has 0 saturated carbocycles. The molecule has 0 saturated heterocycles. The maximum atomic E-state index is 13.5. The van der Waals surface area contributed by atoms with Crippen molar-refractivity contribution >= 4 is 51.5 Å². The quantitative estimate of drug-likeness (QED) is 0.338. The highest BCUT2D eigenvalue weighted by atomic mass is 35.5. The summed E-state index contributed by atoms with van der Waals surface area (Å²) in [5, 5.41) is 21.8. The predicted molar refractivity (Wildman–Crippen MR) is 125 cm³/mol. The van der Waals surface area contributed by atoms with Crippen LogP contribution in [-0.2, 0) is 4.79 Å². The minimum atomic E-state index is -1.01. The van der Waals surface area contributed by atoms with Gasteiger partial charge in [0.15, 0.2) is 11.5 Å². The van der Waals surface area contributed by atoms with Crippen LogP contribution in [0.25, 0.3) is 11.0 Å². The van der Waals surface area contributed by atoms with Gasteiger partial charge in [-0.2, -0.15) is 0 Å². The highest BCUT2D eigenvalue weighted by Gasteiger charge is 2.45. The Bertz CT molecular complexity index is 1400. The van der Waals surface area contributed by atoms with E-state index in [1.165, 1.54) is 35.2 Å². The van der Waals surface area contributed by atoms with Gasteiger partial charge in [-0.1, -0.05) is 53.5 Å². The number of furan rings is 1. The molecule has 4 aromatic rings. The SMILES string of the molecule is O=C(C1=C(O)C(=O)N(c2cc(Cl)cc(Cl)c2)C1c1ccc(O)cc1)c1cc2ccccc2o1. The van der Waals surface area contributed by atoms with Crippen molar-refractivity contribution in [1.82, 2.24) is 0 Å². The monoisotopic (exact) mass is 479 g/mol. The number of phenols is 1. The Morgan fingerprint density at radius 1 is 0.909 bits per heavy atom. The molecule has 164 valence electrons. The van der Waals surface area contributed by atoms with Crippen LogP contribution in [0, 0.1) is 0 Å². The number of carbonyl (C=O) groups is 2. The lowest BCUT2D eigenvalue weighted by molar-refractivity contribution is -0.117. The van der Waals surface area contributed by atoms with Gasteiger partial charge in [0.1, 0.15) is 11.3 Å². The van der Waals surface area contributed by atoms with Gasteiger partial charge in [-0.05, 0) is 48.0 Å². The number of para-hydroxylation sites is 1. The second-order valence-electron chi connectivity index (χ2n) is 7.54. The maximum Gasteiger partial charge on any atom is 0.294 e. The number of hydrogen-bond donors (Lipinski definition) is 2. The van der Waals surface area contributed by atoms with Crippen LogP contribution in [-0.4, -0.2) is 21.9 Å². The first-order chi connectivity index (χ1) is 15.8. The number of benzene rings is 3. The highest BCUT2D eigenvalue weighted by molar-refractivity contribution is 6.35. The molecule has 0 spiro atoms. The minimum absolute atomic E-state index is 0.0128. The number of halogens is 2. The zero-order valence-electron chi connectivity index (χ0n) is 16.8. The molecule has 0 aliphatic carbocycles. The van der Waals surface area contributed by atoms with Gasteiger partial charge in [-0.3, -0.25) is 14.5 Å². The number of anilines is 1. The predicted octanol–water partition coefficient (Wildman–Crippen LogP) is 6.23. The van der Waals surface area contributed by atoms with Crippen molar-refractivity contribution in [3.8, 4) is 5.75 Å². The number of Topliss-reactive ketones (excluding diaryl/α,β-unsaturated/α-hetero) is 1. The molecule has 6 nitrogen and oxygen atoms in total. The molecule has 1 aliphatic rings. The molecule has 3 aromatic carbocycles. The Kier molecular flexibility index (Phi) is 5.12. The summed E-state index contributed by atoms with van der Waals surface area (Å²) in [4.78, 5) is 28.0. The molecule has 33 heavy (non-hydrogen) atoms. The van der Waals surface area contributed by atoms with Crippen molar-refractivity contribution in [2.45, 2.75) is 6.04 Å². The average molecular weight is 480 g/mol. The van der Waals surface area contributed by atoms with E-state index in [1.807, 2.05) is 6.07 Å². The number of hydrogen-bond acceptors (Lipinski definition) is 5. The number of carbonyl (C=O) groups excluding carboxylic acids is 2. The zero-order valence-corrected chi connectivity index (χ0v) is 18.3. The molecule has 0 fully saturated rings. The van der Waals surface area contributed by atoms with Gasteiger partial charge in [0.05, 0.1) is 11.6 Å². The number of aliphatic hydroxyl groups excluding tert-OH is 1. The van der Waals surface area contributed by atoms with E-state index < -0.39 is 23.5 Å². The summed E-state index contributed by atoms with van der Waals surface area (Å²) in [6.07, 6.45) is 0. The number of fused-ring (bicyclic) bond motifs is 1. The van der Waals surface area contributed by atoms with E-state index in [1.54, 1.807) is 36.4 Å². The summed E-state index contributed by atoms with van der Waals surface area (Å²) in [6.45, 7) is 0. The van der Waals surface area contributed by atoms with Crippen LogP contribution in [0.3, 0.4) is 0 Å². The van der Waals surface area contributed by atoms with Gasteiger partial charge < -0.3 is 14.6 Å². The average Bonchev–Trinajstić information content (AvgIpc) is 3.33. The van der Waals surface area contributed by atoms with Gasteiger partial charge in [0, 0.05) is 21.1 Å². The second kappa shape index (κ2) is 7.99. The summed E-state index contributed by atoms with van der Waals surface area (Å²) in [5.41, 5.74) is 1.14. The lowest BCUT2D eigenvalue weighted by Gasteiger charge is -2.27. The topological polar surface area (TPSA) is 91.0 Å². The smallest absolute Gasteiger partial charge is 0.294 e. The first-order valence-electron chi connectivity index (χ1n) is 9.88. The standard InChI is InChI=1S/C25H15Cl2NO5/c26-15-10-16(27)12-17(11-15)28-22(13-5-7-18(29)8-6-13)21(24(31)25(28)32)23(30)20-9-14-3-1-2-4-19(14)33-20/h1-12,22,29,31H.